The molecular weight excluding hydrogens is 382 g/mol. The lowest BCUT2D eigenvalue weighted by atomic mass is 9.92. The van der Waals surface area contributed by atoms with Crippen LogP contribution < -0.4 is 10.1 Å². The molecule has 0 bridgehead atoms. The standard InChI is InChI=1S/C20H22F2N4OS/c1-11-6-14-13-4-2-3-5-15(13)25-18(14)19(26(11)10-16(21)22)20-24-9-17(28-20)27-12-7-23-8-12/h2-5,9,11-12,16,19,23,25H,6-8,10H2,1H3/t11-,19+/m1/s1. The minimum absolute atomic E-state index is 0.00481. The van der Waals surface area contributed by atoms with Crippen LogP contribution in [0, 0.1) is 0 Å². The van der Waals surface area contributed by atoms with Crippen molar-refractivity contribution >= 4 is 22.2 Å². The normalized spacial score (nSPS) is 23.1. The van der Waals surface area contributed by atoms with E-state index in [9.17, 15) is 8.78 Å². The van der Waals surface area contributed by atoms with Crippen LogP contribution in [0.5, 0.6) is 5.06 Å². The van der Waals surface area contributed by atoms with Crippen molar-refractivity contribution in [3.05, 3.63) is 46.7 Å². The molecule has 2 aromatic heterocycles. The summed E-state index contributed by atoms with van der Waals surface area (Å²) in [4.78, 5) is 9.94. The van der Waals surface area contributed by atoms with E-state index in [-0.39, 0.29) is 24.7 Å². The van der Waals surface area contributed by atoms with Crippen LogP contribution in [0.3, 0.4) is 0 Å². The van der Waals surface area contributed by atoms with E-state index in [1.165, 1.54) is 22.3 Å². The van der Waals surface area contributed by atoms with Gasteiger partial charge in [0.15, 0.2) is 5.06 Å². The number of alkyl halides is 2. The third kappa shape index (κ3) is 3.09. The fourth-order valence-electron chi connectivity index (χ4n) is 4.18. The minimum atomic E-state index is -2.40. The molecule has 3 aromatic rings. The second-order valence-corrected chi connectivity index (χ2v) is 8.55. The Bertz CT molecular complexity index is 984. The smallest absolute Gasteiger partial charge is 0.251 e. The lowest BCUT2D eigenvalue weighted by Gasteiger charge is -2.39. The second-order valence-electron chi connectivity index (χ2n) is 7.52. The number of thiazole rings is 1. The molecule has 0 aliphatic carbocycles. The van der Waals surface area contributed by atoms with Gasteiger partial charge in [-0.3, -0.25) is 4.90 Å². The van der Waals surface area contributed by atoms with Crippen molar-refractivity contribution in [1.29, 1.82) is 0 Å². The molecule has 4 heterocycles. The summed E-state index contributed by atoms with van der Waals surface area (Å²) in [5.41, 5.74) is 3.22. The lowest BCUT2D eigenvalue weighted by molar-refractivity contribution is 0.0456. The van der Waals surface area contributed by atoms with Crippen LogP contribution in [0.4, 0.5) is 8.78 Å². The molecular formula is C20H22F2N4OS. The number of benzene rings is 1. The molecule has 2 aliphatic rings. The highest BCUT2D eigenvalue weighted by atomic mass is 32.1. The fourth-order valence-corrected chi connectivity index (χ4v) is 5.15. The van der Waals surface area contributed by atoms with Crippen molar-refractivity contribution < 1.29 is 13.5 Å². The molecule has 0 amide bonds. The number of ether oxygens (including phenoxy) is 1. The molecule has 5 rings (SSSR count). The zero-order chi connectivity index (χ0) is 19.3. The molecule has 1 saturated heterocycles. The number of fused-ring (bicyclic) bond motifs is 3. The van der Waals surface area contributed by atoms with Gasteiger partial charge in [-0.2, -0.15) is 0 Å². The Labute approximate surface area is 165 Å². The lowest BCUT2D eigenvalue weighted by Crippen LogP contribution is -2.50. The number of rotatable bonds is 5. The van der Waals surface area contributed by atoms with Gasteiger partial charge in [0.2, 0.25) is 0 Å². The second kappa shape index (κ2) is 7.09. The number of para-hydroxylation sites is 1. The summed E-state index contributed by atoms with van der Waals surface area (Å²) in [6.07, 6.45) is 0.234. The highest BCUT2D eigenvalue weighted by Crippen LogP contribution is 2.43. The number of aromatic nitrogens is 2. The largest absolute Gasteiger partial charge is 0.477 e. The van der Waals surface area contributed by atoms with Gasteiger partial charge in [0, 0.05) is 35.7 Å². The summed E-state index contributed by atoms with van der Waals surface area (Å²) in [6, 6.07) is 7.81. The highest BCUT2D eigenvalue weighted by Gasteiger charge is 2.38. The monoisotopic (exact) mass is 404 g/mol. The topological polar surface area (TPSA) is 53.2 Å². The third-order valence-corrected chi connectivity index (χ3v) is 6.57. The number of nitrogens with zero attached hydrogens (tertiary/aromatic N) is 2. The Morgan fingerprint density at radius 1 is 1.32 bits per heavy atom. The van der Waals surface area contributed by atoms with Gasteiger partial charge in [-0.25, -0.2) is 13.8 Å². The fraction of sp³-hybridized carbons (Fsp3) is 0.450. The number of H-pyrrole nitrogens is 1. The average molecular weight is 404 g/mol. The summed E-state index contributed by atoms with van der Waals surface area (Å²) in [7, 11) is 0. The van der Waals surface area contributed by atoms with Gasteiger partial charge in [0.1, 0.15) is 17.2 Å². The number of hydrogen-bond acceptors (Lipinski definition) is 5. The zero-order valence-corrected chi connectivity index (χ0v) is 16.3. The molecule has 148 valence electrons. The van der Waals surface area contributed by atoms with Crippen LogP contribution in [0.1, 0.15) is 29.2 Å². The molecule has 0 radical (unpaired) electrons. The van der Waals surface area contributed by atoms with Crippen molar-refractivity contribution in [3.63, 3.8) is 0 Å². The first-order valence-corrected chi connectivity index (χ1v) is 10.4. The highest BCUT2D eigenvalue weighted by molar-refractivity contribution is 7.13. The molecule has 2 aliphatic heterocycles. The summed E-state index contributed by atoms with van der Waals surface area (Å²) in [5.74, 6) is 0. The molecule has 1 fully saturated rings. The van der Waals surface area contributed by atoms with Crippen LogP contribution in [-0.4, -0.2) is 53.1 Å². The van der Waals surface area contributed by atoms with Gasteiger partial charge in [0.25, 0.3) is 6.43 Å². The first kappa shape index (κ1) is 18.0. The molecule has 5 nitrogen and oxygen atoms in total. The molecule has 2 atom stereocenters. The molecule has 1 aromatic carbocycles. The van der Waals surface area contributed by atoms with E-state index in [0.29, 0.717) is 0 Å². The van der Waals surface area contributed by atoms with E-state index in [1.54, 1.807) is 6.20 Å². The molecule has 0 spiro atoms. The third-order valence-electron chi connectivity index (χ3n) is 5.63. The molecule has 2 N–H and O–H groups in total. The summed E-state index contributed by atoms with van der Waals surface area (Å²) < 4.78 is 32.7. The van der Waals surface area contributed by atoms with Crippen molar-refractivity contribution in [2.75, 3.05) is 19.6 Å². The average Bonchev–Trinajstić information content (AvgIpc) is 3.23. The van der Waals surface area contributed by atoms with Gasteiger partial charge in [0.05, 0.1) is 12.7 Å². The maximum absolute atomic E-state index is 13.4. The number of aromatic amines is 1. The number of nitrogens with one attached hydrogen (secondary N) is 2. The molecule has 8 heteroatoms. The Morgan fingerprint density at radius 3 is 2.89 bits per heavy atom. The summed E-state index contributed by atoms with van der Waals surface area (Å²) >= 11 is 1.46. The van der Waals surface area contributed by atoms with Gasteiger partial charge in [-0.1, -0.05) is 29.5 Å². The number of halogens is 2. The minimum Gasteiger partial charge on any atom is -0.477 e. The van der Waals surface area contributed by atoms with Gasteiger partial charge < -0.3 is 15.0 Å². The van der Waals surface area contributed by atoms with E-state index < -0.39 is 6.43 Å². The molecule has 28 heavy (non-hydrogen) atoms. The van der Waals surface area contributed by atoms with Gasteiger partial charge in [-0.15, -0.1) is 0 Å². The van der Waals surface area contributed by atoms with Crippen molar-refractivity contribution in [2.24, 2.45) is 0 Å². The zero-order valence-electron chi connectivity index (χ0n) is 15.5. The molecule has 0 unspecified atom stereocenters. The Morgan fingerprint density at radius 2 is 2.14 bits per heavy atom. The first-order chi connectivity index (χ1) is 13.6. The van der Waals surface area contributed by atoms with E-state index >= 15 is 0 Å². The van der Waals surface area contributed by atoms with Crippen molar-refractivity contribution in [2.45, 2.75) is 38.0 Å². The Kier molecular flexibility index (Phi) is 4.57. The first-order valence-electron chi connectivity index (χ1n) is 9.56. The van der Waals surface area contributed by atoms with E-state index in [0.717, 1.165) is 40.8 Å². The maximum atomic E-state index is 13.4. The maximum Gasteiger partial charge on any atom is 0.251 e. The quantitative estimate of drug-likeness (QED) is 0.683. The SMILES string of the molecule is C[C@@H]1Cc2c([nH]c3ccccc23)[C@@H](c2ncc(OC3CNC3)s2)N1CC(F)F. The van der Waals surface area contributed by atoms with Crippen LogP contribution in [0.2, 0.25) is 0 Å². The predicted molar refractivity (Wildman–Crippen MR) is 105 cm³/mol. The Hall–Kier alpha value is -2.03. The predicted octanol–water partition coefficient (Wildman–Crippen LogP) is 3.58. The van der Waals surface area contributed by atoms with Crippen LogP contribution in [-0.2, 0) is 6.42 Å². The summed E-state index contributed by atoms with van der Waals surface area (Å²) in [5, 5.41) is 5.88. The van der Waals surface area contributed by atoms with E-state index in [1.807, 2.05) is 30.0 Å². The van der Waals surface area contributed by atoms with Crippen molar-refractivity contribution in [1.82, 2.24) is 20.2 Å². The Balaban J connectivity index is 1.57. The van der Waals surface area contributed by atoms with Crippen LogP contribution >= 0.6 is 11.3 Å². The van der Waals surface area contributed by atoms with Gasteiger partial charge >= 0.3 is 0 Å². The summed E-state index contributed by atoms with van der Waals surface area (Å²) in [6.45, 7) is 3.41. The van der Waals surface area contributed by atoms with Crippen molar-refractivity contribution in [3.8, 4) is 5.06 Å². The van der Waals surface area contributed by atoms with E-state index in [2.05, 4.69) is 21.4 Å². The van der Waals surface area contributed by atoms with E-state index in [4.69, 9.17) is 4.74 Å². The van der Waals surface area contributed by atoms with Gasteiger partial charge in [-0.05, 0) is 25.0 Å². The number of hydrogen-bond donors (Lipinski definition) is 2. The van der Waals surface area contributed by atoms with Crippen LogP contribution in [0.15, 0.2) is 30.5 Å². The van der Waals surface area contributed by atoms with Crippen LogP contribution in [0.25, 0.3) is 10.9 Å². The molecule has 0 saturated carbocycles.